The van der Waals surface area contributed by atoms with Crippen molar-refractivity contribution in [3.05, 3.63) is 57.6 Å². The van der Waals surface area contributed by atoms with Crippen LogP contribution in [0.15, 0.2) is 36.4 Å². The lowest BCUT2D eigenvalue weighted by molar-refractivity contribution is -0.120. The molecule has 1 amide bonds. The van der Waals surface area contributed by atoms with Crippen LogP contribution in [0.1, 0.15) is 29.3 Å². The summed E-state index contributed by atoms with van der Waals surface area (Å²) in [5, 5.41) is 0.559. The van der Waals surface area contributed by atoms with Crippen LogP contribution in [0.4, 0.5) is 5.69 Å². The predicted octanol–water partition coefficient (Wildman–Crippen LogP) is 4.55. The lowest BCUT2D eigenvalue weighted by Gasteiger charge is -2.29. The third kappa shape index (κ3) is 3.80. The van der Waals surface area contributed by atoms with Crippen molar-refractivity contribution < 1.29 is 14.3 Å². The van der Waals surface area contributed by atoms with Gasteiger partial charge in [-0.25, -0.2) is 0 Å². The minimum absolute atomic E-state index is 0.173. The van der Waals surface area contributed by atoms with E-state index < -0.39 is 0 Å². The molecule has 0 aliphatic carbocycles. The Bertz CT molecular complexity index is 835. The second-order valence-electron chi connectivity index (χ2n) is 5.89. The topological polar surface area (TPSA) is 46.6 Å². The Morgan fingerprint density at radius 3 is 2.72 bits per heavy atom. The first kappa shape index (κ1) is 17.8. The molecule has 4 nitrogen and oxygen atoms in total. The molecule has 0 saturated heterocycles. The van der Waals surface area contributed by atoms with Gasteiger partial charge in [0, 0.05) is 17.3 Å². The van der Waals surface area contributed by atoms with Gasteiger partial charge >= 0.3 is 0 Å². The molecule has 0 saturated carbocycles. The van der Waals surface area contributed by atoms with Crippen molar-refractivity contribution in [2.75, 3.05) is 18.1 Å². The zero-order valence-electron chi connectivity index (χ0n) is 13.7. The predicted molar refractivity (Wildman–Crippen MR) is 99.1 cm³/mol. The van der Waals surface area contributed by atoms with E-state index in [0.717, 1.165) is 24.1 Å². The first-order chi connectivity index (χ1) is 12.0. The summed E-state index contributed by atoms with van der Waals surface area (Å²) < 4.78 is 5.61. The molecule has 130 valence electrons. The molecule has 0 radical (unpaired) electrons. The summed E-state index contributed by atoms with van der Waals surface area (Å²) in [4.78, 5) is 26.1. The van der Waals surface area contributed by atoms with Crippen LogP contribution in [0.2, 0.25) is 10.0 Å². The van der Waals surface area contributed by atoms with Crippen molar-refractivity contribution in [2.45, 2.75) is 19.8 Å². The van der Waals surface area contributed by atoms with E-state index in [1.165, 1.54) is 19.1 Å². The second-order valence-corrected chi connectivity index (χ2v) is 6.73. The van der Waals surface area contributed by atoms with Crippen molar-refractivity contribution in [1.29, 1.82) is 0 Å². The summed E-state index contributed by atoms with van der Waals surface area (Å²) in [7, 11) is 0. The Labute approximate surface area is 156 Å². The van der Waals surface area contributed by atoms with Crippen LogP contribution in [0.5, 0.6) is 5.75 Å². The number of amides is 1. The van der Waals surface area contributed by atoms with E-state index in [9.17, 15) is 9.59 Å². The molecule has 0 N–H and O–H groups in total. The fraction of sp³-hybridized carbons (Fsp3) is 0.263. The van der Waals surface area contributed by atoms with Gasteiger partial charge in [-0.15, -0.1) is 0 Å². The number of carbonyl (C=O) groups excluding carboxylic acids is 2. The van der Waals surface area contributed by atoms with Crippen molar-refractivity contribution in [3.8, 4) is 5.75 Å². The number of nitrogens with zero attached hydrogens (tertiary/aromatic N) is 1. The van der Waals surface area contributed by atoms with Gasteiger partial charge in [-0.05, 0) is 43.5 Å². The molecule has 0 spiro atoms. The van der Waals surface area contributed by atoms with Crippen molar-refractivity contribution in [1.82, 2.24) is 0 Å². The number of rotatable bonds is 4. The van der Waals surface area contributed by atoms with E-state index >= 15 is 0 Å². The van der Waals surface area contributed by atoms with Crippen LogP contribution < -0.4 is 9.64 Å². The fourth-order valence-electron chi connectivity index (χ4n) is 2.97. The van der Waals surface area contributed by atoms with Gasteiger partial charge in [-0.2, -0.15) is 0 Å². The van der Waals surface area contributed by atoms with Gasteiger partial charge in [-0.3, -0.25) is 9.59 Å². The highest BCUT2D eigenvalue weighted by Gasteiger charge is 2.23. The van der Waals surface area contributed by atoms with Gasteiger partial charge in [0.25, 0.3) is 5.91 Å². The number of hydrogen-bond acceptors (Lipinski definition) is 3. The minimum atomic E-state index is -0.227. The van der Waals surface area contributed by atoms with Gasteiger partial charge < -0.3 is 9.64 Å². The average molecular weight is 378 g/mol. The third-order valence-electron chi connectivity index (χ3n) is 4.14. The largest absolute Gasteiger partial charge is 0.481 e. The molecule has 25 heavy (non-hydrogen) atoms. The summed E-state index contributed by atoms with van der Waals surface area (Å²) in [5.74, 6) is -0.208. The van der Waals surface area contributed by atoms with Gasteiger partial charge in [-0.1, -0.05) is 41.4 Å². The molecule has 3 rings (SSSR count). The molecular weight excluding hydrogens is 361 g/mol. The van der Waals surface area contributed by atoms with Crippen molar-refractivity contribution in [2.24, 2.45) is 0 Å². The Morgan fingerprint density at radius 1 is 1.20 bits per heavy atom. The van der Waals surface area contributed by atoms with Gasteiger partial charge in [0.2, 0.25) is 0 Å². The van der Waals surface area contributed by atoms with E-state index in [4.69, 9.17) is 27.9 Å². The molecule has 1 heterocycles. The van der Waals surface area contributed by atoms with Crippen LogP contribution in [0, 0.1) is 0 Å². The number of ketones is 1. The smallest absolute Gasteiger partial charge is 0.264 e. The zero-order valence-corrected chi connectivity index (χ0v) is 15.2. The van der Waals surface area contributed by atoms with E-state index in [1.807, 2.05) is 24.3 Å². The second kappa shape index (κ2) is 7.46. The fourth-order valence-corrected chi connectivity index (χ4v) is 3.52. The van der Waals surface area contributed by atoms with Crippen molar-refractivity contribution in [3.63, 3.8) is 0 Å². The normalized spacial score (nSPS) is 13.3. The molecule has 0 fully saturated rings. The minimum Gasteiger partial charge on any atom is -0.481 e. The first-order valence-electron chi connectivity index (χ1n) is 7.98. The average Bonchev–Trinajstić information content (AvgIpc) is 2.59. The Kier molecular flexibility index (Phi) is 5.30. The Morgan fingerprint density at radius 2 is 1.96 bits per heavy atom. The summed E-state index contributed by atoms with van der Waals surface area (Å²) in [6, 6.07) is 10.8. The van der Waals surface area contributed by atoms with Gasteiger partial charge in [0.05, 0.1) is 10.6 Å². The molecule has 0 atom stereocenters. The summed E-state index contributed by atoms with van der Waals surface area (Å²) >= 11 is 12.1. The highest BCUT2D eigenvalue weighted by atomic mass is 35.5. The van der Waals surface area contributed by atoms with Crippen LogP contribution in [0.25, 0.3) is 0 Å². The molecule has 1 aliphatic heterocycles. The molecule has 6 heteroatoms. The maximum atomic E-state index is 12.6. The van der Waals surface area contributed by atoms with E-state index in [0.29, 0.717) is 11.6 Å². The molecular formula is C19H17Cl2NO3. The number of ether oxygens (including phenoxy) is 1. The van der Waals surface area contributed by atoms with Crippen LogP contribution in [0.3, 0.4) is 0 Å². The van der Waals surface area contributed by atoms with Crippen LogP contribution in [-0.2, 0) is 11.2 Å². The number of carbonyl (C=O) groups is 2. The maximum absolute atomic E-state index is 12.6. The quantitative estimate of drug-likeness (QED) is 0.733. The lowest BCUT2D eigenvalue weighted by Crippen LogP contribution is -2.38. The highest BCUT2D eigenvalue weighted by molar-refractivity contribution is 6.36. The van der Waals surface area contributed by atoms with Crippen LogP contribution in [-0.4, -0.2) is 24.8 Å². The lowest BCUT2D eigenvalue weighted by atomic mass is 10.0. The molecule has 0 bridgehead atoms. The number of aryl methyl sites for hydroxylation is 1. The molecule has 0 unspecified atom stereocenters. The van der Waals surface area contributed by atoms with E-state index in [1.54, 1.807) is 4.90 Å². The summed E-state index contributed by atoms with van der Waals surface area (Å²) in [6.07, 6.45) is 1.86. The molecule has 0 aromatic heterocycles. The number of hydrogen-bond donors (Lipinski definition) is 0. The van der Waals surface area contributed by atoms with Crippen molar-refractivity contribution >= 4 is 40.6 Å². The third-order valence-corrected chi connectivity index (χ3v) is 4.64. The number of halogens is 2. The molecule has 2 aromatic rings. The standard InChI is InChI=1S/C19H17Cl2NO3/c1-12(23)15-9-14(20)10-16(21)19(15)25-11-18(24)22-8-4-6-13-5-2-3-7-17(13)22/h2-3,5,7,9-10H,4,6,8,11H2,1H3. The Hall–Kier alpha value is -2.04. The summed E-state index contributed by atoms with van der Waals surface area (Å²) in [5.41, 5.74) is 2.33. The number of fused-ring (bicyclic) bond motifs is 1. The Balaban J connectivity index is 1.79. The van der Waals surface area contributed by atoms with E-state index in [-0.39, 0.29) is 34.6 Å². The molecule has 1 aliphatic rings. The summed E-state index contributed by atoms with van der Waals surface area (Å²) in [6.45, 7) is 1.85. The van der Waals surface area contributed by atoms with Crippen LogP contribution >= 0.6 is 23.2 Å². The zero-order chi connectivity index (χ0) is 18.0. The number of Topliss-reactive ketones (excluding diaryl/α,β-unsaturated/α-hetero) is 1. The molecule has 2 aromatic carbocycles. The SMILES string of the molecule is CC(=O)c1cc(Cl)cc(Cl)c1OCC(=O)N1CCCc2ccccc21. The van der Waals surface area contributed by atoms with Gasteiger partial charge in [0.15, 0.2) is 12.4 Å². The first-order valence-corrected chi connectivity index (χ1v) is 8.74. The maximum Gasteiger partial charge on any atom is 0.264 e. The number of benzene rings is 2. The number of anilines is 1. The highest BCUT2D eigenvalue weighted by Crippen LogP contribution is 2.33. The number of para-hydroxylation sites is 1. The van der Waals surface area contributed by atoms with Gasteiger partial charge in [0.1, 0.15) is 5.75 Å². The van der Waals surface area contributed by atoms with E-state index in [2.05, 4.69) is 0 Å². The monoisotopic (exact) mass is 377 g/mol.